The van der Waals surface area contributed by atoms with E-state index in [4.69, 9.17) is 14.6 Å². The third-order valence-electron chi connectivity index (χ3n) is 6.64. The third-order valence-corrected chi connectivity index (χ3v) is 6.64. The largest absolute Gasteiger partial charge is 0.353 e. The number of aromatic nitrogens is 5. The number of fused-ring (bicyclic) bond motifs is 2. The molecule has 0 N–H and O–H groups in total. The Bertz CT molecular complexity index is 1240. The molecule has 0 bridgehead atoms. The molecular weight excluding hydrogens is 414 g/mol. The van der Waals surface area contributed by atoms with Gasteiger partial charge in [-0.15, -0.1) is 0 Å². The summed E-state index contributed by atoms with van der Waals surface area (Å²) in [5.74, 6) is 0. The lowest BCUT2D eigenvalue weighted by atomic mass is 9.99. The fourth-order valence-corrected chi connectivity index (χ4v) is 5.00. The molecule has 6 rings (SSSR count). The average Bonchev–Trinajstić information content (AvgIpc) is 3.57. The maximum absolute atomic E-state index is 5.92. The molecule has 1 aromatic carbocycles. The topological polar surface area (TPSA) is 67.0 Å². The highest BCUT2D eigenvalue weighted by Gasteiger charge is 2.24. The van der Waals surface area contributed by atoms with E-state index in [9.17, 15) is 0 Å². The minimum Gasteiger partial charge on any atom is -0.353 e. The second-order valence-corrected chi connectivity index (χ2v) is 8.87. The smallest absolute Gasteiger partial charge is 0.157 e. The molecule has 0 aliphatic carbocycles. The van der Waals surface area contributed by atoms with Crippen molar-refractivity contribution < 1.29 is 9.47 Å². The summed E-state index contributed by atoms with van der Waals surface area (Å²) in [5, 5.41) is 4.94. The molecule has 1 atom stereocenters. The maximum atomic E-state index is 5.92. The van der Waals surface area contributed by atoms with Crippen LogP contribution >= 0.6 is 0 Å². The number of hydrogen-bond acceptors (Lipinski definition) is 5. The number of imidazole rings is 1. The van der Waals surface area contributed by atoms with Crippen molar-refractivity contribution in [2.24, 2.45) is 0 Å². The van der Waals surface area contributed by atoms with Crippen LogP contribution in [-0.2, 0) is 29.0 Å². The predicted octanol–water partition coefficient (Wildman–Crippen LogP) is 4.84. The Morgan fingerprint density at radius 2 is 2.09 bits per heavy atom. The second kappa shape index (κ2) is 9.08. The zero-order chi connectivity index (χ0) is 22.0. The molecule has 2 aliphatic rings. The monoisotopic (exact) mass is 443 g/mol. The van der Waals surface area contributed by atoms with Crippen LogP contribution in [0.3, 0.4) is 0 Å². The van der Waals surface area contributed by atoms with Crippen molar-refractivity contribution in [3.63, 3.8) is 0 Å². The van der Waals surface area contributed by atoms with Crippen molar-refractivity contribution in [1.82, 2.24) is 24.3 Å². The molecule has 3 aromatic heterocycles. The van der Waals surface area contributed by atoms with Crippen molar-refractivity contribution in [3.8, 4) is 22.5 Å². The standard InChI is InChI=1S/C26H29N5O2/c1-3-12-27-21(7-1)26-25(22-8-5-14-31(22)29-26)19-10-11-20-23(17-19)30(18-28-20)13-6-16-33-24-9-2-4-15-32-24/h1,3,7,10-12,17-18,24H,2,4-6,8-9,13-16H2. The number of rotatable bonds is 7. The van der Waals surface area contributed by atoms with Gasteiger partial charge in [0.1, 0.15) is 5.69 Å². The Balaban J connectivity index is 1.27. The molecule has 2 aliphatic heterocycles. The number of benzene rings is 1. The summed E-state index contributed by atoms with van der Waals surface area (Å²) >= 11 is 0. The molecule has 0 saturated carbocycles. The Hall–Kier alpha value is -3.03. The van der Waals surface area contributed by atoms with Gasteiger partial charge >= 0.3 is 0 Å². The van der Waals surface area contributed by atoms with E-state index in [2.05, 4.69) is 37.4 Å². The molecular formula is C26H29N5O2. The van der Waals surface area contributed by atoms with Crippen molar-refractivity contribution in [3.05, 3.63) is 54.6 Å². The van der Waals surface area contributed by atoms with Gasteiger partial charge in [-0.05, 0) is 68.4 Å². The number of hydrogen-bond donors (Lipinski definition) is 0. The summed E-state index contributed by atoms with van der Waals surface area (Å²) in [7, 11) is 0. The summed E-state index contributed by atoms with van der Waals surface area (Å²) in [5.41, 5.74) is 7.74. The molecule has 7 heteroatoms. The first-order chi connectivity index (χ1) is 16.4. The van der Waals surface area contributed by atoms with Gasteiger partial charge in [0.2, 0.25) is 0 Å². The van der Waals surface area contributed by atoms with E-state index in [-0.39, 0.29) is 6.29 Å². The molecule has 5 heterocycles. The van der Waals surface area contributed by atoms with Gasteiger partial charge in [0.05, 0.1) is 29.7 Å². The minimum absolute atomic E-state index is 0.0284. The van der Waals surface area contributed by atoms with E-state index >= 15 is 0 Å². The van der Waals surface area contributed by atoms with Crippen LogP contribution in [0.15, 0.2) is 48.9 Å². The van der Waals surface area contributed by atoms with Gasteiger partial charge in [-0.25, -0.2) is 4.98 Å². The van der Waals surface area contributed by atoms with Crippen LogP contribution in [0.2, 0.25) is 0 Å². The Morgan fingerprint density at radius 1 is 1.09 bits per heavy atom. The van der Waals surface area contributed by atoms with Crippen LogP contribution in [0.4, 0.5) is 0 Å². The van der Waals surface area contributed by atoms with Gasteiger partial charge in [0, 0.05) is 37.2 Å². The molecule has 33 heavy (non-hydrogen) atoms. The lowest BCUT2D eigenvalue weighted by Gasteiger charge is -2.22. The van der Waals surface area contributed by atoms with Crippen LogP contribution in [-0.4, -0.2) is 43.8 Å². The van der Waals surface area contributed by atoms with Crippen molar-refractivity contribution in [2.75, 3.05) is 13.2 Å². The van der Waals surface area contributed by atoms with Gasteiger partial charge in [0.15, 0.2) is 6.29 Å². The summed E-state index contributed by atoms with van der Waals surface area (Å²) in [6, 6.07) is 12.6. The van der Waals surface area contributed by atoms with Crippen molar-refractivity contribution in [1.29, 1.82) is 0 Å². The van der Waals surface area contributed by atoms with Gasteiger partial charge < -0.3 is 14.0 Å². The van der Waals surface area contributed by atoms with Gasteiger partial charge in [-0.2, -0.15) is 5.10 Å². The first kappa shape index (κ1) is 20.6. The van der Waals surface area contributed by atoms with E-state index in [1.807, 2.05) is 30.7 Å². The Morgan fingerprint density at radius 3 is 2.97 bits per heavy atom. The van der Waals surface area contributed by atoms with Crippen molar-refractivity contribution in [2.45, 2.75) is 57.9 Å². The molecule has 0 radical (unpaired) electrons. The highest BCUT2D eigenvalue weighted by atomic mass is 16.7. The van der Waals surface area contributed by atoms with Gasteiger partial charge in [0.25, 0.3) is 0 Å². The fourth-order valence-electron chi connectivity index (χ4n) is 5.00. The first-order valence-electron chi connectivity index (χ1n) is 12.1. The molecule has 0 spiro atoms. The lowest BCUT2D eigenvalue weighted by molar-refractivity contribution is -0.162. The molecule has 1 unspecified atom stereocenters. The van der Waals surface area contributed by atoms with E-state index in [0.717, 1.165) is 74.2 Å². The highest BCUT2D eigenvalue weighted by molar-refractivity contribution is 5.88. The van der Waals surface area contributed by atoms with Crippen LogP contribution in [0.25, 0.3) is 33.5 Å². The first-order valence-corrected chi connectivity index (χ1v) is 12.1. The average molecular weight is 444 g/mol. The van der Waals surface area contributed by atoms with Crippen LogP contribution in [0, 0.1) is 0 Å². The van der Waals surface area contributed by atoms with Crippen LogP contribution < -0.4 is 0 Å². The zero-order valence-corrected chi connectivity index (χ0v) is 18.8. The predicted molar refractivity (Wildman–Crippen MR) is 127 cm³/mol. The summed E-state index contributed by atoms with van der Waals surface area (Å²) < 4.78 is 16.0. The SMILES string of the molecule is c1ccc(-c2nn3c(c2-c2ccc4ncn(CCCOC5CCCCO5)c4c2)CCC3)nc1. The zero-order valence-electron chi connectivity index (χ0n) is 18.8. The van der Waals surface area contributed by atoms with Crippen molar-refractivity contribution >= 4 is 11.0 Å². The molecule has 0 amide bonds. The third kappa shape index (κ3) is 4.07. The molecule has 170 valence electrons. The molecule has 4 aromatic rings. The number of nitrogens with zero attached hydrogens (tertiary/aromatic N) is 5. The Kier molecular flexibility index (Phi) is 5.66. The van der Waals surface area contributed by atoms with Crippen LogP contribution in [0.1, 0.15) is 37.8 Å². The summed E-state index contributed by atoms with van der Waals surface area (Å²) in [6.45, 7) is 3.36. The van der Waals surface area contributed by atoms with E-state index in [1.165, 1.54) is 23.2 Å². The van der Waals surface area contributed by atoms with E-state index < -0.39 is 0 Å². The number of pyridine rings is 1. The quantitative estimate of drug-likeness (QED) is 0.382. The minimum atomic E-state index is -0.0284. The normalized spacial score (nSPS) is 18.1. The number of ether oxygens (including phenoxy) is 2. The lowest BCUT2D eigenvalue weighted by Crippen LogP contribution is -2.22. The fraction of sp³-hybridized carbons (Fsp3) is 0.423. The Labute approximate surface area is 193 Å². The van der Waals surface area contributed by atoms with E-state index in [1.54, 1.807) is 0 Å². The summed E-state index contributed by atoms with van der Waals surface area (Å²) in [4.78, 5) is 9.22. The molecule has 7 nitrogen and oxygen atoms in total. The molecule has 1 saturated heterocycles. The van der Waals surface area contributed by atoms with Gasteiger partial charge in [-0.3, -0.25) is 9.67 Å². The number of aryl methyl sites for hydroxylation is 2. The van der Waals surface area contributed by atoms with Crippen LogP contribution in [0.5, 0.6) is 0 Å². The maximum Gasteiger partial charge on any atom is 0.157 e. The van der Waals surface area contributed by atoms with Gasteiger partial charge in [-0.1, -0.05) is 12.1 Å². The molecule has 1 fully saturated rings. The second-order valence-electron chi connectivity index (χ2n) is 8.87. The summed E-state index contributed by atoms with van der Waals surface area (Å²) in [6.07, 6.45) is 10.2. The highest BCUT2D eigenvalue weighted by Crippen LogP contribution is 2.37. The van der Waals surface area contributed by atoms with E-state index in [0.29, 0.717) is 6.61 Å².